The number of amides is 2. The quantitative estimate of drug-likeness (QED) is 0.928. The Balaban J connectivity index is 1.64. The Bertz CT molecular complexity index is 584. The van der Waals surface area contributed by atoms with Crippen LogP contribution in [-0.2, 0) is 11.3 Å². The molecule has 1 saturated carbocycles. The number of hydrogen-bond donors (Lipinski definition) is 1. The molecule has 2 aliphatic rings. The van der Waals surface area contributed by atoms with Gasteiger partial charge in [-0.05, 0) is 42.9 Å². The van der Waals surface area contributed by atoms with Crippen molar-refractivity contribution < 1.29 is 9.59 Å². The van der Waals surface area contributed by atoms with E-state index in [4.69, 9.17) is 0 Å². The summed E-state index contributed by atoms with van der Waals surface area (Å²) >= 11 is 0. The molecule has 4 heteroatoms. The van der Waals surface area contributed by atoms with Crippen LogP contribution in [0.15, 0.2) is 24.3 Å². The summed E-state index contributed by atoms with van der Waals surface area (Å²) in [7, 11) is 0. The molecular formula is C19H26N2O2. The van der Waals surface area contributed by atoms with Crippen LogP contribution in [0.2, 0.25) is 0 Å². The van der Waals surface area contributed by atoms with Crippen molar-refractivity contribution in [2.24, 2.45) is 5.92 Å². The molecule has 2 atom stereocenters. The first-order valence-electron chi connectivity index (χ1n) is 8.81. The fraction of sp³-hybridized carbons (Fsp3) is 0.579. The third kappa shape index (κ3) is 3.92. The van der Waals surface area contributed by atoms with Gasteiger partial charge in [-0.15, -0.1) is 0 Å². The van der Waals surface area contributed by atoms with Gasteiger partial charge in [-0.25, -0.2) is 0 Å². The molecule has 23 heavy (non-hydrogen) atoms. The lowest BCUT2D eigenvalue weighted by Gasteiger charge is -2.29. The zero-order valence-electron chi connectivity index (χ0n) is 13.9. The van der Waals surface area contributed by atoms with Gasteiger partial charge in [0.2, 0.25) is 5.91 Å². The number of nitrogens with one attached hydrogen (secondary N) is 1. The molecule has 4 nitrogen and oxygen atoms in total. The standard InChI is InChI=1S/C19H26N2O2/c1-14-6-2-3-9-17(14)20-19(23)16-8-4-7-15(12-16)13-21-11-5-10-18(21)22/h4,7-8,12,14,17H,2-3,5-6,9-11,13H2,1H3,(H,20,23)/t14-,17-/m0/s1. The molecule has 3 rings (SSSR count). The highest BCUT2D eigenvalue weighted by atomic mass is 16.2. The van der Waals surface area contributed by atoms with Crippen molar-refractivity contribution in [3.63, 3.8) is 0 Å². The molecule has 0 spiro atoms. The van der Waals surface area contributed by atoms with Crippen LogP contribution in [0.3, 0.4) is 0 Å². The van der Waals surface area contributed by atoms with E-state index in [0.29, 0.717) is 30.5 Å². The zero-order chi connectivity index (χ0) is 16.2. The van der Waals surface area contributed by atoms with Crippen LogP contribution in [0.25, 0.3) is 0 Å². The van der Waals surface area contributed by atoms with Gasteiger partial charge in [0.05, 0.1) is 0 Å². The summed E-state index contributed by atoms with van der Waals surface area (Å²) in [5.74, 6) is 0.785. The minimum Gasteiger partial charge on any atom is -0.349 e. The van der Waals surface area contributed by atoms with Gasteiger partial charge in [0, 0.05) is 31.1 Å². The average molecular weight is 314 g/mol. The summed E-state index contributed by atoms with van der Waals surface area (Å²) in [5, 5.41) is 3.20. The SMILES string of the molecule is C[C@H]1CCCC[C@@H]1NC(=O)c1cccc(CN2CCCC2=O)c1. The third-order valence-corrected chi connectivity index (χ3v) is 5.16. The van der Waals surface area contributed by atoms with Crippen LogP contribution < -0.4 is 5.32 Å². The highest BCUT2D eigenvalue weighted by molar-refractivity contribution is 5.94. The van der Waals surface area contributed by atoms with Crippen LogP contribution in [0.5, 0.6) is 0 Å². The number of hydrogen-bond acceptors (Lipinski definition) is 2. The fourth-order valence-corrected chi connectivity index (χ4v) is 3.68. The van der Waals surface area contributed by atoms with E-state index in [1.54, 1.807) is 0 Å². The van der Waals surface area contributed by atoms with Crippen LogP contribution in [0.4, 0.5) is 0 Å². The van der Waals surface area contributed by atoms with Gasteiger partial charge < -0.3 is 10.2 Å². The summed E-state index contributed by atoms with van der Waals surface area (Å²) in [5.41, 5.74) is 1.73. The maximum absolute atomic E-state index is 12.5. The molecule has 1 aliphatic carbocycles. The van der Waals surface area contributed by atoms with Crippen LogP contribution in [0, 0.1) is 5.92 Å². The third-order valence-electron chi connectivity index (χ3n) is 5.16. The van der Waals surface area contributed by atoms with E-state index < -0.39 is 0 Å². The first-order chi connectivity index (χ1) is 11.1. The summed E-state index contributed by atoms with van der Waals surface area (Å²) in [6, 6.07) is 7.98. The van der Waals surface area contributed by atoms with Crippen LogP contribution >= 0.6 is 0 Å². The van der Waals surface area contributed by atoms with E-state index in [-0.39, 0.29) is 11.8 Å². The van der Waals surface area contributed by atoms with E-state index in [1.165, 1.54) is 19.3 Å². The second kappa shape index (κ2) is 7.16. The van der Waals surface area contributed by atoms with Crippen LogP contribution in [0.1, 0.15) is 61.4 Å². The summed E-state index contributed by atoms with van der Waals surface area (Å²) in [6.45, 7) is 3.66. The molecule has 0 unspecified atom stereocenters. The summed E-state index contributed by atoms with van der Waals surface area (Å²) in [4.78, 5) is 26.1. The Labute approximate surface area is 138 Å². The van der Waals surface area contributed by atoms with E-state index >= 15 is 0 Å². The molecule has 0 aromatic heterocycles. The van der Waals surface area contributed by atoms with Crippen molar-refractivity contribution >= 4 is 11.8 Å². The number of benzene rings is 1. The second-order valence-corrected chi connectivity index (χ2v) is 6.96. The normalized spacial score (nSPS) is 24.7. The Morgan fingerprint density at radius 1 is 1.26 bits per heavy atom. The number of carbonyl (C=O) groups excluding carboxylic acids is 2. The van der Waals surface area contributed by atoms with Crippen molar-refractivity contribution in [1.82, 2.24) is 10.2 Å². The Morgan fingerprint density at radius 2 is 2.09 bits per heavy atom. The summed E-state index contributed by atoms with van der Waals surface area (Å²) in [6.07, 6.45) is 6.34. The van der Waals surface area contributed by atoms with Gasteiger partial charge in [0.1, 0.15) is 0 Å². The lowest BCUT2D eigenvalue weighted by Crippen LogP contribution is -2.41. The highest BCUT2D eigenvalue weighted by Gasteiger charge is 2.24. The van der Waals surface area contributed by atoms with Gasteiger partial charge in [0.15, 0.2) is 0 Å². The van der Waals surface area contributed by atoms with Crippen molar-refractivity contribution in [1.29, 1.82) is 0 Å². The molecule has 2 fully saturated rings. The summed E-state index contributed by atoms with van der Waals surface area (Å²) < 4.78 is 0. The van der Waals surface area contributed by atoms with Gasteiger partial charge in [-0.3, -0.25) is 9.59 Å². The molecule has 124 valence electrons. The van der Waals surface area contributed by atoms with Crippen molar-refractivity contribution in [3.05, 3.63) is 35.4 Å². The Morgan fingerprint density at radius 3 is 2.83 bits per heavy atom. The molecule has 1 aliphatic heterocycles. The molecule has 1 aromatic rings. The average Bonchev–Trinajstić information content (AvgIpc) is 2.95. The smallest absolute Gasteiger partial charge is 0.251 e. The lowest BCUT2D eigenvalue weighted by atomic mass is 9.86. The van der Waals surface area contributed by atoms with E-state index in [0.717, 1.165) is 24.9 Å². The monoisotopic (exact) mass is 314 g/mol. The Hall–Kier alpha value is -1.84. The van der Waals surface area contributed by atoms with E-state index in [9.17, 15) is 9.59 Å². The molecule has 2 amide bonds. The largest absolute Gasteiger partial charge is 0.349 e. The van der Waals surface area contributed by atoms with E-state index in [1.807, 2.05) is 29.2 Å². The lowest BCUT2D eigenvalue weighted by molar-refractivity contribution is -0.128. The molecule has 1 saturated heterocycles. The van der Waals surface area contributed by atoms with Crippen molar-refractivity contribution in [2.45, 2.75) is 58.0 Å². The number of likely N-dealkylation sites (tertiary alicyclic amines) is 1. The molecule has 1 N–H and O–H groups in total. The van der Waals surface area contributed by atoms with Gasteiger partial charge >= 0.3 is 0 Å². The molecule has 0 radical (unpaired) electrons. The molecule has 1 aromatic carbocycles. The first kappa shape index (κ1) is 16.0. The first-order valence-corrected chi connectivity index (χ1v) is 8.81. The minimum absolute atomic E-state index is 0.0124. The van der Waals surface area contributed by atoms with Crippen molar-refractivity contribution in [2.75, 3.05) is 6.54 Å². The second-order valence-electron chi connectivity index (χ2n) is 6.96. The number of rotatable bonds is 4. The topological polar surface area (TPSA) is 49.4 Å². The predicted octanol–water partition coefficient (Wildman–Crippen LogP) is 3.12. The molecule has 1 heterocycles. The van der Waals surface area contributed by atoms with Gasteiger partial charge in [-0.1, -0.05) is 31.9 Å². The molecule has 0 bridgehead atoms. The fourth-order valence-electron chi connectivity index (χ4n) is 3.68. The Kier molecular flexibility index (Phi) is 4.99. The van der Waals surface area contributed by atoms with Gasteiger partial charge in [-0.2, -0.15) is 0 Å². The minimum atomic E-state index is 0.0124. The number of nitrogens with zero attached hydrogens (tertiary/aromatic N) is 1. The maximum Gasteiger partial charge on any atom is 0.251 e. The van der Waals surface area contributed by atoms with Crippen molar-refractivity contribution in [3.8, 4) is 0 Å². The predicted molar refractivity (Wildman–Crippen MR) is 90.0 cm³/mol. The maximum atomic E-state index is 12.5. The van der Waals surface area contributed by atoms with Gasteiger partial charge in [0.25, 0.3) is 5.91 Å². The highest BCUT2D eigenvalue weighted by Crippen LogP contribution is 2.24. The van der Waals surface area contributed by atoms with Crippen LogP contribution in [-0.4, -0.2) is 29.3 Å². The van der Waals surface area contributed by atoms with E-state index in [2.05, 4.69) is 12.2 Å². The number of carbonyl (C=O) groups is 2. The zero-order valence-corrected chi connectivity index (χ0v) is 13.9. The molecular weight excluding hydrogens is 288 g/mol.